The molecular weight excluding hydrogens is 412 g/mol. The number of hydrogen-bond donors (Lipinski definition) is 1. The third-order valence-corrected chi connectivity index (χ3v) is 7.27. The number of rotatable bonds is 1. The van der Waals surface area contributed by atoms with Crippen LogP contribution in [0.15, 0.2) is 115 Å². The monoisotopic (exact) mass is 432 g/mol. The molecule has 2 heterocycles. The Morgan fingerprint density at radius 1 is 0.441 bits per heavy atom. The van der Waals surface area contributed by atoms with E-state index in [-0.39, 0.29) is 0 Å². The smallest absolute Gasteiger partial charge is 0.0562 e. The molecule has 0 atom stereocenters. The van der Waals surface area contributed by atoms with Crippen LogP contribution in [-0.4, -0.2) is 9.55 Å². The summed E-state index contributed by atoms with van der Waals surface area (Å²) in [7, 11) is 0. The Bertz CT molecular complexity index is 2070. The Labute approximate surface area is 195 Å². The fraction of sp³-hybridized carbons (Fsp3) is 0. The van der Waals surface area contributed by atoms with Gasteiger partial charge >= 0.3 is 0 Å². The Kier molecular flexibility index (Phi) is 3.42. The van der Waals surface area contributed by atoms with Crippen LogP contribution in [0, 0.1) is 0 Å². The maximum absolute atomic E-state index is 3.65. The molecule has 0 amide bonds. The SMILES string of the molecule is c1ccc2cc(-n3c4cc5[nH]c6ccccc6c5cc4c4c5ccccc5ccc43)ccc2c1. The second kappa shape index (κ2) is 6.49. The molecule has 0 aliphatic carbocycles. The molecule has 0 saturated carbocycles. The minimum atomic E-state index is 1.17. The summed E-state index contributed by atoms with van der Waals surface area (Å²) in [5, 5.41) is 10.2. The van der Waals surface area contributed by atoms with E-state index in [9.17, 15) is 0 Å². The number of benzene rings is 6. The van der Waals surface area contributed by atoms with E-state index in [1.165, 1.54) is 70.8 Å². The summed E-state index contributed by atoms with van der Waals surface area (Å²) < 4.78 is 2.43. The first-order chi connectivity index (χ1) is 16.8. The molecule has 8 rings (SSSR count). The van der Waals surface area contributed by atoms with Crippen LogP contribution in [-0.2, 0) is 0 Å². The highest BCUT2D eigenvalue weighted by molar-refractivity contribution is 6.25. The van der Waals surface area contributed by atoms with Crippen LogP contribution in [0.1, 0.15) is 0 Å². The zero-order chi connectivity index (χ0) is 22.2. The van der Waals surface area contributed by atoms with Gasteiger partial charge in [-0.3, -0.25) is 0 Å². The Hall–Kier alpha value is -4.56. The van der Waals surface area contributed by atoms with Crippen LogP contribution >= 0.6 is 0 Å². The third kappa shape index (κ3) is 2.35. The highest BCUT2D eigenvalue weighted by atomic mass is 15.0. The van der Waals surface area contributed by atoms with Crippen molar-refractivity contribution < 1.29 is 0 Å². The lowest BCUT2D eigenvalue weighted by atomic mass is 10.0. The van der Waals surface area contributed by atoms with Gasteiger partial charge in [0.1, 0.15) is 0 Å². The maximum atomic E-state index is 3.65. The maximum Gasteiger partial charge on any atom is 0.0562 e. The van der Waals surface area contributed by atoms with E-state index in [4.69, 9.17) is 0 Å². The molecule has 0 spiro atoms. The van der Waals surface area contributed by atoms with E-state index in [1.54, 1.807) is 0 Å². The number of fused-ring (bicyclic) bond motifs is 9. The molecule has 0 bridgehead atoms. The summed E-state index contributed by atoms with van der Waals surface area (Å²) >= 11 is 0. The van der Waals surface area contributed by atoms with Crippen LogP contribution in [0.3, 0.4) is 0 Å². The molecule has 158 valence electrons. The second-order valence-electron chi connectivity index (χ2n) is 9.13. The van der Waals surface area contributed by atoms with Crippen molar-refractivity contribution in [3.8, 4) is 5.69 Å². The molecule has 6 aromatic carbocycles. The fourth-order valence-electron chi connectivity index (χ4n) is 5.72. The van der Waals surface area contributed by atoms with Gasteiger partial charge < -0.3 is 9.55 Å². The molecule has 0 aliphatic heterocycles. The molecule has 0 radical (unpaired) electrons. The number of nitrogens with one attached hydrogen (secondary N) is 1. The van der Waals surface area contributed by atoms with E-state index < -0.39 is 0 Å². The number of para-hydroxylation sites is 1. The molecule has 2 aromatic heterocycles. The quantitative estimate of drug-likeness (QED) is 0.268. The van der Waals surface area contributed by atoms with Crippen molar-refractivity contribution in [2.24, 2.45) is 0 Å². The van der Waals surface area contributed by atoms with Gasteiger partial charge in [-0.1, -0.05) is 78.9 Å². The van der Waals surface area contributed by atoms with E-state index in [0.29, 0.717) is 0 Å². The topological polar surface area (TPSA) is 20.7 Å². The normalized spacial score (nSPS) is 12.1. The minimum Gasteiger partial charge on any atom is -0.354 e. The van der Waals surface area contributed by atoms with Crippen LogP contribution in [0.2, 0.25) is 0 Å². The zero-order valence-electron chi connectivity index (χ0n) is 18.4. The molecule has 2 nitrogen and oxygen atoms in total. The highest BCUT2D eigenvalue weighted by Crippen LogP contribution is 2.40. The first-order valence-electron chi connectivity index (χ1n) is 11.7. The van der Waals surface area contributed by atoms with Gasteiger partial charge in [0.25, 0.3) is 0 Å². The first-order valence-corrected chi connectivity index (χ1v) is 11.7. The standard InChI is InChI=1S/C32H20N2/c1-2-9-22-17-23(15-13-20(22)7-1)34-30-16-14-21-8-3-4-10-24(21)32(30)27-18-26-25-11-5-6-12-28(25)33-29(26)19-31(27)34/h1-19,33H. The van der Waals surface area contributed by atoms with E-state index in [0.717, 1.165) is 0 Å². The van der Waals surface area contributed by atoms with E-state index in [1.807, 2.05) is 0 Å². The molecule has 34 heavy (non-hydrogen) atoms. The first kappa shape index (κ1) is 17.9. The van der Waals surface area contributed by atoms with Crippen LogP contribution in [0.4, 0.5) is 0 Å². The number of aromatic nitrogens is 2. The summed E-state index contributed by atoms with van der Waals surface area (Å²) in [5.74, 6) is 0. The number of aromatic amines is 1. The molecule has 0 unspecified atom stereocenters. The van der Waals surface area contributed by atoms with Crippen LogP contribution in [0.25, 0.3) is 70.8 Å². The minimum absolute atomic E-state index is 1.17. The molecule has 0 aliphatic rings. The summed E-state index contributed by atoms with van der Waals surface area (Å²) in [6.45, 7) is 0. The van der Waals surface area contributed by atoms with Crippen LogP contribution in [0.5, 0.6) is 0 Å². The number of H-pyrrole nitrogens is 1. The number of nitrogens with zero attached hydrogens (tertiary/aromatic N) is 1. The van der Waals surface area contributed by atoms with Gasteiger partial charge in [-0.05, 0) is 57.9 Å². The largest absolute Gasteiger partial charge is 0.354 e. The Morgan fingerprint density at radius 3 is 2.09 bits per heavy atom. The van der Waals surface area contributed by atoms with Crippen molar-refractivity contribution in [2.75, 3.05) is 0 Å². The average molecular weight is 433 g/mol. The zero-order valence-corrected chi connectivity index (χ0v) is 18.4. The van der Waals surface area contributed by atoms with Gasteiger partial charge in [-0.2, -0.15) is 0 Å². The molecule has 1 N–H and O–H groups in total. The van der Waals surface area contributed by atoms with Crippen molar-refractivity contribution in [3.63, 3.8) is 0 Å². The average Bonchev–Trinajstić information content (AvgIpc) is 3.42. The molecule has 8 aromatic rings. The summed E-state index contributed by atoms with van der Waals surface area (Å²) in [4.78, 5) is 3.65. The summed E-state index contributed by atoms with van der Waals surface area (Å²) in [6.07, 6.45) is 0. The van der Waals surface area contributed by atoms with E-state index >= 15 is 0 Å². The van der Waals surface area contributed by atoms with E-state index in [2.05, 4.69) is 125 Å². The third-order valence-electron chi connectivity index (χ3n) is 7.27. The van der Waals surface area contributed by atoms with Gasteiger partial charge in [0, 0.05) is 38.3 Å². The predicted molar refractivity (Wildman–Crippen MR) is 145 cm³/mol. The second-order valence-corrected chi connectivity index (χ2v) is 9.13. The van der Waals surface area contributed by atoms with Gasteiger partial charge in [0.15, 0.2) is 0 Å². The van der Waals surface area contributed by atoms with Gasteiger partial charge in [0.05, 0.1) is 11.0 Å². The van der Waals surface area contributed by atoms with Gasteiger partial charge in [0.2, 0.25) is 0 Å². The van der Waals surface area contributed by atoms with Gasteiger partial charge in [-0.15, -0.1) is 0 Å². The van der Waals surface area contributed by atoms with Gasteiger partial charge in [-0.25, -0.2) is 0 Å². The van der Waals surface area contributed by atoms with Crippen molar-refractivity contribution in [1.82, 2.24) is 9.55 Å². The molecule has 0 saturated heterocycles. The Balaban J connectivity index is 1.60. The van der Waals surface area contributed by atoms with Crippen molar-refractivity contribution in [1.29, 1.82) is 0 Å². The Morgan fingerprint density at radius 2 is 1.18 bits per heavy atom. The van der Waals surface area contributed by atoms with Crippen molar-refractivity contribution in [3.05, 3.63) is 115 Å². The molecule has 2 heteroatoms. The van der Waals surface area contributed by atoms with Crippen molar-refractivity contribution in [2.45, 2.75) is 0 Å². The lowest BCUT2D eigenvalue weighted by molar-refractivity contribution is 1.19. The summed E-state index contributed by atoms with van der Waals surface area (Å²) in [6, 6.07) is 41.9. The van der Waals surface area contributed by atoms with Crippen LogP contribution < -0.4 is 0 Å². The lowest BCUT2D eigenvalue weighted by Gasteiger charge is -2.10. The molecular formula is C32H20N2. The lowest BCUT2D eigenvalue weighted by Crippen LogP contribution is -1.94. The van der Waals surface area contributed by atoms with Crippen molar-refractivity contribution >= 4 is 65.2 Å². The summed E-state index contributed by atoms with van der Waals surface area (Å²) in [5.41, 5.74) is 5.99. The highest BCUT2D eigenvalue weighted by Gasteiger charge is 2.17. The fourth-order valence-corrected chi connectivity index (χ4v) is 5.72. The number of hydrogen-bond acceptors (Lipinski definition) is 0. The molecule has 0 fully saturated rings. The predicted octanol–water partition coefficient (Wildman–Crippen LogP) is 8.72.